The summed E-state index contributed by atoms with van der Waals surface area (Å²) in [6.07, 6.45) is 7.35. The highest BCUT2D eigenvalue weighted by Crippen LogP contribution is 2.14. The van der Waals surface area contributed by atoms with E-state index < -0.39 is 18.3 Å². The molecule has 110 valence electrons. The average Bonchev–Trinajstić information content (AvgIpc) is 2.38. The van der Waals surface area contributed by atoms with Crippen LogP contribution < -0.4 is 0 Å². The Bertz CT molecular complexity index is 155. The summed E-state index contributed by atoms with van der Waals surface area (Å²) in [5, 5.41) is 29.4. The summed E-state index contributed by atoms with van der Waals surface area (Å²) >= 11 is 0. The molecule has 0 amide bonds. The van der Waals surface area contributed by atoms with Crippen LogP contribution in [-0.4, -0.2) is 33.6 Å². The maximum absolute atomic E-state index is 9.80. The van der Waals surface area contributed by atoms with Gasteiger partial charge in [-0.05, 0) is 12.8 Å². The van der Waals surface area contributed by atoms with Crippen LogP contribution in [0.25, 0.3) is 0 Å². The van der Waals surface area contributed by atoms with Gasteiger partial charge in [0, 0.05) is 0 Å². The van der Waals surface area contributed by atoms with E-state index in [1.165, 1.54) is 25.7 Å². The van der Waals surface area contributed by atoms with Crippen LogP contribution in [0.15, 0.2) is 0 Å². The van der Waals surface area contributed by atoms with E-state index in [9.17, 15) is 15.3 Å². The first-order valence-electron chi connectivity index (χ1n) is 7.67. The second-order valence-corrected chi connectivity index (χ2v) is 5.32. The fraction of sp³-hybridized carbons (Fsp3) is 1.00. The lowest BCUT2D eigenvalue weighted by molar-refractivity contribution is -0.0653. The SMILES string of the molecule is CCCCCCC(O)C(O)C(O)CCCCCC. The number of unbranched alkanes of at least 4 members (excludes halogenated alkanes) is 6. The minimum atomic E-state index is -0.978. The fourth-order valence-electron chi connectivity index (χ4n) is 2.16. The number of aliphatic hydroxyl groups is 3. The molecule has 0 aliphatic heterocycles. The van der Waals surface area contributed by atoms with Crippen molar-refractivity contribution in [2.45, 2.75) is 96.4 Å². The topological polar surface area (TPSA) is 60.7 Å². The Morgan fingerprint density at radius 3 is 1.33 bits per heavy atom. The second kappa shape index (κ2) is 11.9. The maximum atomic E-state index is 9.80. The Hall–Kier alpha value is -0.120. The summed E-state index contributed by atoms with van der Waals surface area (Å²) in [6, 6.07) is 0. The minimum Gasteiger partial charge on any atom is -0.390 e. The van der Waals surface area contributed by atoms with Crippen molar-refractivity contribution in [2.75, 3.05) is 0 Å². The lowest BCUT2D eigenvalue weighted by Gasteiger charge is -2.23. The largest absolute Gasteiger partial charge is 0.390 e. The van der Waals surface area contributed by atoms with Crippen molar-refractivity contribution >= 4 is 0 Å². The van der Waals surface area contributed by atoms with Crippen LogP contribution in [0.5, 0.6) is 0 Å². The summed E-state index contributed by atoms with van der Waals surface area (Å²) in [4.78, 5) is 0. The van der Waals surface area contributed by atoms with Gasteiger partial charge in [-0.25, -0.2) is 0 Å². The van der Waals surface area contributed by atoms with Crippen LogP contribution in [0.1, 0.15) is 78.1 Å². The molecule has 3 N–H and O–H groups in total. The van der Waals surface area contributed by atoms with Gasteiger partial charge in [0.05, 0.1) is 12.2 Å². The summed E-state index contributed by atoms with van der Waals surface area (Å²) in [6.45, 7) is 4.29. The van der Waals surface area contributed by atoms with Crippen LogP contribution in [0.3, 0.4) is 0 Å². The predicted molar refractivity (Wildman–Crippen MR) is 75.5 cm³/mol. The Labute approximate surface area is 112 Å². The van der Waals surface area contributed by atoms with Crippen molar-refractivity contribution in [2.24, 2.45) is 0 Å². The zero-order valence-electron chi connectivity index (χ0n) is 12.1. The van der Waals surface area contributed by atoms with Crippen LogP contribution in [0, 0.1) is 0 Å². The molecule has 0 heterocycles. The van der Waals surface area contributed by atoms with Gasteiger partial charge in [-0.3, -0.25) is 0 Å². The molecule has 0 saturated carbocycles. The molecule has 18 heavy (non-hydrogen) atoms. The Balaban J connectivity index is 3.65. The molecule has 2 atom stereocenters. The summed E-state index contributed by atoms with van der Waals surface area (Å²) in [5.41, 5.74) is 0. The van der Waals surface area contributed by atoms with Crippen LogP contribution in [0.4, 0.5) is 0 Å². The highest BCUT2D eigenvalue weighted by Gasteiger charge is 2.23. The molecular formula is C15H32O3. The van der Waals surface area contributed by atoms with Crippen molar-refractivity contribution in [3.05, 3.63) is 0 Å². The zero-order chi connectivity index (χ0) is 13.8. The first-order chi connectivity index (χ1) is 8.63. The van der Waals surface area contributed by atoms with Gasteiger partial charge < -0.3 is 15.3 Å². The lowest BCUT2D eigenvalue weighted by Crippen LogP contribution is -2.37. The molecular weight excluding hydrogens is 228 g/mol. The predicted octanol–water partition coefficient (Wildman–Crippen LogP) is 3.01. The number of hydrogen-bond donors (Lipinski definition) is 3. The van der Waals surface area contributed by atoms with Gasteiger partial charge in [-0.1, -0.05) is 65.2 Å². The van der Waals surface area contributed by atoms with Crippen molar-refractivity contribution < 1.29 is 15.3 Å². The van der Waals surface area contributed by atoms with Gasteiger partial charge in [-0.15, -0.1) is 0 Å². The van der Waals surface area contributed by atoms with E-state index in [0.29, 0.717) is 12.8 Å². The first kappa shape index (κ1) is 17.9. The maximum Gasteiger partial charge on any atom is 0.106 e. The second-order valence-electron chi connectivity index (χ2n) is 5.32. The van der Waals surface area contributed by atoms with Crippen molar-refractivity contribution in [3.8, 4) is 0 Å². The van der Waals surface area contributed by atoms with E-state index in [2.05, 4.69) is 13.8 Å². The molecule has 0 bridgehead atoms. The third-order valence-corrected chi connectivity index (χ3v) is 3.50. The summed E-state index contributed by atoms with van der Waals surface area (Å²) in [5.74, 6) is 0. The highest BCUT2D eigenvalue weighted by atomic mass is 16.4. The highest BCUT2D eigenvalue weighted by molar-refractivity contribution is 4.75. The van der Waals surface area contributed by atoms with Gasteiger partial charge in [0.15, 0.2) is 0 Å². The Kier molecular flexibility index (Phi) is 11.9. The molecule has 0 aromatic carbocycles. The van der Waals surface area contributed by atoms with Gasteiger partial charge in [0.25, 0.3) is 0 Å². The molecule has 0 radical (unpaired) electrons. The van der Waals surface area contributed by atoms with Crippen molar-refractivity contribution in [1.29, 1.82) is 0 Å². The van der Waals surface area contributed by atoms with E-state index in [1.807, 2.05) is 0 Å². The third-order valence-electron chi connectivity index (χ3n) is 3.50. The quantitative estimate of drug-likeness (QED) is 0.473. The molecule has 0 fully saturated rings. The van der Waals surface area contributed by atoms with E-state index in [4.69, 9.17) is 0 Å². The minimum absolute atomic E-state index is 0.590. The van der Waals surface area contributed by atoms with Gasteiger partial charge in [0.2, 0.25) is 0 Å². The Morgan fingerprint density at radius 1 is 0.611 bits per heavy atom. The van der Waals surface area contributed by atoms with Crippen LogP contribution in [0.2, 0.25) is 0 Å². The van der Waals surface area contributed by atoms with Gasteiger partial charge >= 0.3 is 0 Å². The molecule has 3 heteroatoms. The normalized spacial score (nSPS) is 16.5. The van der Waals surface area contributed by atoms with E-state index in [1.54, 1.807) is 0 Å². The summed E-state index contributed by atoms with van der Waals surface area (Å²) < 4.78 is 0. The van der Waals surface area contributed by atoms with Gasteiger partial charge in [-0.2, -0.15) is 0 Å². The molecule has 0 aromatic rings. The monoisotopic (exact) mass is 260 g/mol. The molecule has 3 nitrogen and oxygen atoms in total. The standard InChI is InChI=1S/C15H32O3/c1-3-5-7-9-11-13(16)15(18)14(17)12-10-8-6-4-2/h13-18H,3-12H2,1-2H3. The fourth-order valence-corrected chi connectivity index (χ4v) is 2.16. The number of aliphatic hydroxyl groups excluding tert-OH is 3. The third kappa shape index (κ3) is 8.90. The Morgan fingerprint density at radius 2 is 1.00 bits per heavy atom. The number of rotatable bonds is 12. The van der Waals surface area contributed by atoms with Crippen LogP contribution in [-0.2, 0) is 0 Å². The van der Waals surface area contributed by atoms with E-state index in [-0.39, 0.29) is 0 Å². The lowest BCUT2D eigenvalue weighted by atomic mass is 9.98. The molecule has 0 spiro atoms. The van der Waals surface area contributed by atoms with E-state index in [0.717, 1.165) is 25.7 Å². The van der Waals surface area contributed by atoms with Crippen molar-refractivity contribution in [3.63, 3.8) is 0 Å². The molecule has 2 unspecified atom stereocenters. The van der Waals surface area contributed by atoms with Crippen molar-refractivity contribution in [1.82, 2.24) is 0 Å². The summed E-state index contributed by atoms with van der Waals surface area (Å²) in [7, 11) is 0. The smallest absolute Gasteiger partial charge is 0.106 e. The first-order valence-corrected chi connectivity index (χ1v) is 7.67. The van der Waals surface area contributed by atoms with Gasteiger partial charge in [0.1, 0.15) is 6.10 Å². The average molecular weight is 260 g/mol. The zero-order valence-corrected chi connectivity index (χ0v) is 12.1. The molecule has 0 aliphatic carbocycles. The molecule has 0 saturated heterocycles. The molecule has 0 aliphatic rings. The van der Waals surface area contributed by atoms with Crippen LogP contribution >= 0.6 is 0 Å². The molecule has 0 rings (SSSR count). The molecule has 0 aromatic heterocycles. The number of hydrogen-bond acceptors (Lipinski definition) is 3. The van der Waals surface area contributed by atoms with E-state index >= 15 is 0 Å².